The van der Waals surface area contributed by atoms with Crippen molar-refractivity contribution in [3.05, 3.63) is 23.1 Å². The maximum atomic E-state index is 11.4. The van der Waals surface area contributed by atoms with Gasteiger partial charge in [0.25, 0.3) is 0 Å². The molecule has 4 nitrogen and oxygen atoms in total. The molecule has 0 atom stereocenters. The van der Waals surface area contributed by atoms with E-state index in [1.807, 2.05) is 12.1 Å². The molecule has 0 bridgehead atoms. The van der Waals surface area contributed by atoms with E-state index in [1.165, 1.54) is 11.3 Å². The molecule has 94 valence electrons. The van der Waals surface area contributed by atoms with Crippen LogP contribution in [-0.2, 0) is 0 Å². The second-order valence-corrected chi connectivity index (χ2v) is 5.50. The monoisotopic (exact) mass is 261 g/mol. The number of carbonyl (C=O) groups excluding carboxylic acids is 1. The molecule has 1 aliphatic heterocycles. The van der Waals surface area contributed by atoms with Gasteiger partial charge < -0.3 is 10.2 Å². The van der Waals surface area contributed by atoms with Gasteiger partial charge in [0.15, 0.2) is 5.78 Å². The first kappa shape index (κ1) is 11.6. The van der Waals surface area contributed by atoms with E-state index >= 15 is 0 Å². The maximum Gasteiger partial charge on any atom is 0.169 e. The van der Waals surface area contributed by atoms with Crippen molar-refractivity contribution in [2.75, 3.05) is 31.1 Å². The van der Waals surface area contributed by atoms with Crippen molar-refractivity contribution in [3.8, 4) is 0 Å². The molecular formula is C13H15N3OS. The summed E-state index contributed by atoms with van der Waals surface area (Å²) in [6.45, 7) is 5.58. The highest BCUT2D eigenvalue weighted by molar-refractivity contribution is 7.20. The lowest BCUT2D eigenvalue weighted by Crippen LogP contribution is -2.43. The van der Waals surface area contributed by atoms with Crippen LogP contribution >= 0.6 is 11.3 Å². The van der Waals surface area contributed by atoms with E-state index in [1.54, 1.807) is 6.92 Å². The summed E-state index contributed by atoms with van der Waals surface area (Å²) in [5, 5.41) is 4.39. The zero-order chi connectivity index (χ0) is 12.5. The highest BCUT2D eigenvalue weighted by Crippen LogP contribution is 2.26. The number of carbonyl (C=O) groups is 1. The molecule has 0 aromatic carbocycles. The zero-order valence-electron chi connectivity index (χ0n) is 10.3. The average Bonchev–Trinajstić information content (AvgIpc) is 2.82. The average molecular weight is 261 g/mol. The van der Waals surface area contributed by atoms with Crippen LogP contribution < -0.4 is 10.2 Å². The predicted molar refractivity (Wildman–Crippen MR) is 74.7 cm³/mol. The van der Waals surface area contributed by atoms with E-state index in [0.29, 0.717) is 0 Å². The fourth-order valence-corrected chi connectivity index (χ4v) is 3.07. The maximum absolute atomic E-state index is 11.4. The van der Waals surface area contributed by atoms with Crippen molar-refractivity contribution in [3.63, 3.8) is 0 Å². The van der Waals surface area contributed by atoms with Crippen molar-refractivity contribution < 1.29 is 4.79 Å². The van der Waals surface area contributed by atoms with Gasteiger partial charge in [-0.3, -0.25) is 4.79 Å². The molecule has 18 heavy (non-hydrogen) atoms. The van der Waals surface area contributed by atoms with Gasteiger partial charge in [-0.2, -0.15) is 0 Å². The fraction of sp³-hybridized carbons (Fsp3) is 0.385. The van der Waals surface area contributed by atoms with Crippen molar-refractivity contribution in [2.24, 2.45) is 0 Å². The Morgan fingerprint density at radius 2 is 2.17 bits per heavy atom. The molecule has 0 spiro atoms. The lowest BCUT2D eigenvalue weighted by molar-refractivity contribution is 0.102. The predicted octanol–water partition coefficient (Wildman–Crippen LogP) is 1.91. The first-order valence-electron chi connectivity index (χ1n) is 6.11. The number of thiophene rings is 1. The highest BCUT2D eigenvalue weighted by atomic mass is 32.1. The molecule has 0 saturated carbocycles. The molecular weight excluding hydrogens is 246 g/mol. The third-order valence-corrected chi connectivity index (χ3v) is 4.30. The van der Waals surface area contributed by atoms with Crippen LogP contribution in [0.15, 0.2) is 18.2 Å². The van der Waals surface area contributed by atoms with E-state index in [0.717, 1.165) is 47.1 Å². The van der Waals surface area contributed by atoms with E-state index in [2.05, 4.69) is 21.3 Å². The third-order valence-electron chi connectivity index (χ3n) is 3.16. The Hall–Kier alpha value is -1.46. The Balaban J connectivity index is 1.96. The standard InChI is InChI=1S/C13H15N3OS/c1-9(17)11-8-10-2-3-12(15-13(10)18-11)16-6-4-14-5-7-16/h2-3,8,14H,4-7H2,1H3. The van der Waals surface area contributed by atoms with Gasteiger partial charge in [-0.15, -0.1) is 11.3 Å². The molecule has 3 rings (SSSR count). The van der Waals surface area contributed by atoms with Crippen LogP contribution in [0.4, 0.5) is 5.82 Å². The summed E-state index contributed by atoms with van der Waals surface area (Å²) >= 11 is 1.48. The van der Waals surface area contributed by atoms with Crippen LogP contribution in [0.2, 0.25) is 0 Å². The number of anilines is 1. The minimum Gasteiger partial charge on any atom is -0.354 e. The Morgan fingerprint density at radius 3 is 2.89 bits per heavy atom. The molecule has 3 heterocycles. The first-order chi connectivity index (χ1) is 8.74. The number of nitrogens with zero attached hydrogens (tertiary/aromatic N) is 2. The first-order valence-corrected chi connectivity index (χ1v) is 6.93. The van der Waals surface area contributed by atoms with Gasteiger partial charge in [0.05, 0.1) is 4.88 Å². The van der Waals surface area contributed by atoms with Gasteiger partial charge in [0.2, 0.25) is 0 Å². The second kappa shape index (κ2) is 4.66. The number of aromatic nitrogens is 1. The Morgan fingerprint density at radius 1 is 1.39 bits per heavy atom. The lowest BCUT2D eigenvalue weighted by atomic mass is 10.2. The fourth-order valence-electron chi connectivity index (χ4n) is 2.15. The zero-order valence-corrected chi connectivity index (χ0v) is 11.1. The van der Waals surface area contributed by atoms with Crippen LogP contribution in [0, 0.1) is 0 Å². The number of hydrogen-bond donors (Lipinski definition) is 1. The summed E-state index contributed by atoms with van der Waals surface area (Å²) in [7, 11) is 0. The summed E-state index contributed by atoms with van der Waals surface area (Å²) in [4.78, 5) is 20.1. The van der Waals surface area contributed by atoms with Gasteiger partial charge in [0.1, 0.15) is 10.6 Å². The summed E-state index contributed by atoms with van der Waals surface area (Å²) in [6.07, 6.45) is 0. The molecule has 1 fully saturated rings. The molecule has 0 aliphatic carbocycles. The molecule has 1 N–H and O–H groups in total. The number of hydrogen-bond acceptors (Lipinski definition) is 5. The molecule has 2 aromatic heterocycles. The molecule has 1 saturated heterocycles. The number of piperazine rings is 1. The minimum absolute atomic E-state index is 0.113. The quantitative estimate of drug-likeness (QED) is 0.839. The van der Waals surface area contributed by atoms with E-state index in [-0.39, 0.29) is 5.78 Å². The van der Waals surface area contributed by atoms with Crippen molar-refractivity contribution in [2.45, 2.75) is 6.92 Å². The third kappa shape index (κ3) is 2.11. The van der Waals surface area contributed by atoms with E-state index in [9.17, 15) is 4.79 Å². The summed E-state index contributed by atoms with van der Waals surface area (Å²) < 4.78 is 0. The van der Waals surface area contributed by atoms with Gasteiger partial charge in [0, 0.05) is 31.6 Å². The van der Waals surface area contributed by atoms with Crippen LogP contribution in [0.5, 0.6) is 0 Å². The molecule has 0 unspecified atom stereocenters. The molecule has 2 aromatic rings. The number of ketones is 1. The van der Waals surface area contributed by atoms with Crippen LogP contribution in [0.3, 0.4) is 0 Å². The van der Waals surface area contributed by atoms with Gasteiger partial charge in [-0.1, -0.05) is 0 Å². The molecule has 5 heteroatoms. The SMILES string of the molecule is CC(=O)c1cc2ccc(N3CCNCC3)nc2s1. The Kier molecular flexibility index (Phi) is 3.01. The smallest absolute Gasteiger partial charge is 0.169 e. The highest BCUT2D eigenvalue weighted by Gasteiger charge is 2.13. The summed E-state index contributed by atoms with van der Waals surface area (Å²) in [6, 6.07) is 6.03. The van der Waals surface area contributed by atoms with E-state index in [4.69, 9.17) is 0 Å². The molecule has 0 radical (unpaired) electrons. The second-order valence-electron chi connectivity index (χ2n) is 4.47. The number of nitrogens with one attached hydrogen (secondary N) is 1. The Labute approximate surface area is 110 Å². The van der Waals surface area contributed by atoms with Crippen LogP contribution in [0.25, 0.3) is 10.2 Å². The van der Waals surface area contributed by atoms with Gasteiger partial charge in [-0.25, -0.2) is 4.98 Å². The number of pyridine rings is 1. The lowest BCUT2D eigenvalue weighted by Gasteiger charge is -2.28. The molecule has 0 amide bonds. The largest absolute Gasteiger partial charge is 0.354 e. The Bertz CT molecular complexity index is 587. The van der Waals surface area contributed by atoms with Crippen molar-refractivity contribution in [1.82, 2.24) is 10.3 Å². The number of fused-ring (bicyclic) bond motifs is 1. The van der Waals surface area contributed by atoms with Crippen molar-refractivity contribution >= 4 is 33.2 Å². The summed E-state index contributed by atoms with van der Waals surface area (Å²) in [5.41, 5.74) is 0. The van der Waals surface area contributed by atoms with Crippen molar-refractivity contribution in [1.29, 1.82) is 0 Å². The topological polar surface area (TPSA) is 45.2 Å². The number of Topliss-reactive ketones (excluding diaryl/α,β-unsaturated/α-hetero) is 1. The van der Waals surface area contributed by atoms with Gasteiger partial charge in [-0.05, 0) is 25.1 Å². The summed E-state index contributed by atoms with van der Waals surface area (Å²) in [5.74, 6) is 1.13. The van der Waals surface area contributed by atoms with Crippen LogP contribution in [-0.4, -0.2) is 36.9 Å². The van der Waals surface area contributed by atoms with Crippen LogP contribution in [0.1, 0.15) is 16.6 Å². The minimum atomic E-state index is 0.113. The van der Waals surface area contributed by atoms with E-state index < -0.39 is 0 Å². The van der Waals surface area contributed by atoms with Gasteiger partial charge >= 0.3 is 0 Å². The normalized spacial score (nSPS) is 16.2. The number of rotatable bonds is 2. The molecule has 1 aliphatic rings.